The lowest BCUT2D eigenvalue weighted by Crippen LogP contribution is -2.13. The monoisotopic (exact) mass is 396 g/mol. The van der Waals surface area contributed by atoms with Gasteiger partial charge in [-0.3, -0.25) is 0 Å². The van der Waals surface area contributed by atoms with Gasteiger partial charge in [-0.2, -0.15) is 4.98 Å². The summed E-state index contributed by atoms with van der Waals surface area (Å²) in [6, 6.07) is 13.7. The topological polar surface area (TPSA) is 51.1 Å². The first kappa shape index (κ1) is 17.9. The van der Waals surface area contributed by atoms with Crippen LogP contribution < -0.4 is 4.74 Å². The van der Waals surface area contributed by atoms with Crippen LogP contribution in [0.3, 0.4) is 0 Å². The fraction of sp³-hybridized carbons (Fsp3) is 0.150. The molecule has 5 nitrogen and oxygen atoms in total. The molecule has 1 aromatic carbocycles. The number of hydrogen-bond donors (Lipinski definition) is 0. The summed E-state index contributed by atoms with van der Waals surface area (Å²) in [7, 11) is 3.97. The molecule has 0 saturated heterocycles. The van der Waals surface area contributed by atoms with Gasteiger partial charge in [0.25, 0.3) is 0 Å². The number of aromatic nitrogens is 3. The first-order chi connectivity index (χ1) is 13.1. The van der Waals surface area contributed by atoms with Gasteiger partial charge in [-0.05, 0) is 31.8 Å². The van der Waals surface area contributed by atoms with E-state index in [0.29, 0.717) is 29.2 Å². The van der Waals surface area contributed by atoms with Crippen molar-refractivity contribution >= 4 is 33.2 Å². The average molecular weight is 397 g/mol. The van der Waals surface area contributed by atoms with Crippen molar-refractivity contribution in [2.45, 2.75) is 6.54 Å². The van der Waals surface area contributed by atoms with Crippen molar-refractivity contribution in [2.24, 2.45) is 0 Å². The second-order valence-corrected chi connectivity index (χ2v) is 7.54. The number of fused-ring (bicyclic) bond motifs is 1. The minimum atomic E-state index is 0.420. The van der Waals surface area contributed by atoms with E-state index in [1.165, 1.54) is 0 Å². The quantitative estimate of drug-likeness (QED) is 0.430. The van der Waals surface area contributed by atoms with Gasteiger partial charge in [-0.25, -0.2) is 9.97 Å². The lowest BCUT2D eigenvalue weighted by Gasteiger charge is -2.12. The number of halogens is 1. The molecule has 0 aliphatic carbocycles. The highest BCUT2D eigenvalue weighted by molar-refractivity contribution is 7.17. The summed E-state index contributed by atoms with van der Waals surface area (Å²) in [6.07, 6.45) is 1.59. The maximum atomic E-state index is 6.11. The van der Waals surface area contributed by atoms with Gasteiger partial charge in [-0.1, -0.05) is 41.9 Å². The predicted molar refractivity (Wildman–Crippen MR) is 110 cm³/mol. The Kier molecular flexibility index (Phi) is 5.03. The van der Waals surface area contributed by atoms with Crippen molar-refractivity contribution in [3.63, 3.8) is 0 Å². The van der Waals surface area contributed by atoms with E-state index in [4.69, 9.17) is 21.3 Å². The van der Waals surface area contributed by atoms with Crippen LogP contribution in [-0.2, 0) is 6.54 Å². The second kappa shape index (κ2) is 7.60. The Morgan fingerprint density at radius 2 is 1.89 bits per heavy atom. The summed E-state index contributed by atoms with van der Waals surface area (Å²) in [5.74, 6) is 1.83. The van der Waals surface area contributed by atoms with Crippen molar-refractivity contribution in [3.8, 4) is 22.8 Å². The first-order valence-corrected chi connectivity index (χ1v) is 9.63. The van der Waals surface area contributed by atoms with E-state index in [0.717, 1.165) is 21.3 Å². The molecule has 4 aromatic rings. The van der Waals surface area contributed by atoms with Crippen LogP contribution >= 0.6 is 22.9 Å². The Morgan fingerprint density at radius 3 is 2.59 bits per heavy atom. The second-order valence-electron chi connectivity index (χ2n) is 6.30. The van der Waals surface area contributed by atoms with Gasteiger partial charge < -0.3 is 9.64 Å². The number of benzene rings is 1. The molecule has 3 heterocycles. The van der Waals surface area contributed by atoms with Gasteiger partial charge in [0, 0.05) is 10.9 Å². The Morgan fingerprint density at radius 1 is 1.07 bits per heavy atom. The lowest BCUT2D eigenvalue weighted by atomic mass is 10.1. The lowest BCUT2D eigenvalue weighted by molar-refractivity contribution is 0.385. The van der Waals surface area contributed by atoms with E-state index < -0.39 is 0 Å². The van der Waals surface area contributed by atoms with Crippen molar-refractivity contribution in [1.82, 2.24) is 19.9 Å². The summed E-state index contributed by atoms with van der Waals surface area (Å²) in [4.78, 5) is 16.4. The molecular formula is C20H17ClN4OS. The van der Waals surface area contributed by atoms with Crippen LogP contribution in [0.15, 0.2) is 54.0 Å². The number of ether oxygens (including phenoxy) is 1. The van der Waals surface area contributed by atoms with Gasteiger partial charge in [0.1, 0.15) is 21.6 Å². The Labute approximate surface area is 166 Å². The van der Waals surface area contributed by atoms with E-state index in [9.17, 15) is 0 Å². The summed E-state index contributed by atoms with van der Waals surface area (Å²) in [5.41, 5.74) is 2.16. The molecule has 3 aromatic heterocycles. The zero-order chi connectivity index (χ0) is 18.8. The van der Waals surface area contributed by atoms with Crippen LogP contribution in [0.5, 0.6) is 11.6 Å². The van der Waals surface area contributed by atoms with Crippen molar-refractivity contribution in [1.29, 1.82) is 0 Å². The number of nitrogens with zero attached hydrogens (tertiary/aromatic N) is 4. The van der Waals surface area contributed by atoms with E-state index in [-0.39, 0.29) is 0 Å². The van der Waals surface area contributed by atoms with Crippen molar-refractivity contribution in [3.05, 3.63) is 65.0 Å². The standard InChI is InChI=1S/C20H17ClN4OS/c1-25(2)11-17-23-19(26-14-8-9-16(21)22-10-14)18-15(12-27-20(18)24-17)13-6-4-3-5-7-13/h3-10,12H,11H2,1-2H3. The molecule has 0 fully saturated rings. The number of rotatable bonds is 5. The highest BCUT2D eigenvalue weighted by Gasteiger charge is 2.17. The molecule has 7 heteroatoms. The molecule has 0 bridgehead atoms. The third-order valence-electron chi connectivity index (χ3n) is 3.90. The third-order valence-corrected chi connectivity index (χ3v) is 5.00. The van der Waals surface area contributed by atoms with E-state index >= 15 is 0 Å². The SMILES string of the molecule is CN(C)Cc1nc(Oc2ccc(Cl)nc2)c2c(-c3ccccc3)csc2n1. The van der Waals surface area contributed by atoms with Crippen LogP contribution in [0.4, 0.5) is 0 Å². The Bertz CT molecular complexity index is 1060. The highest BCUT2D eigenvalue weighted by atomic mass is 35.5. The van der Waals surface area contributed by atoms with Crippen molar-refractivity contribution in [2.75, 3.05) is 14.1 Å². The molecular weight excluding hydrogens is 380 g/mol. The molecule has 0 amide bonds. The summed E-state index contributed by atoms with van der Waals surface area (Å²) in [5, 5.41) is 3.42. The fourth-order valence-corrected chi connectivity index (χ4v) is 3.81. The molecule has 0 N–H and O–H groups in total. The minimum absolute atomic E-state index is 0.420. The Balaban J connectivity index is 1.86. The highest BCUT2D eigenvalue weighted by Crippen LogP contribution is 2.39. The maximum absolute atomic E-state index is 6.11. The van der Waals surface area contributed by atoms with Crippen LogP contribution in [0.2, 0.25) is 5.15 Å². The Hall–Kier alpha value is -2.54. The summed E-state index contributed by atoms with van der Waals surface area (Å²) >= 11 is 7.47. The van der Waals surface area contributed by atoms with Gasteiger partial charge in [0.2, 0.25) is 5.88 Å². The molecule has 136 valence electrons. The molecule has 4 rings (SSSR count). The zero-order valence-electron chi connectivity index (χ0n) is 14.9. The molecule has 27 heavy (non-hydrogen) atoms. The number of thiophene rings is 1. The van der Waals surface area contributed by atoms with Crippen LogP contribution in [0, 0.1) is 0 Å². The summed E-state index contributed by atoms with van der Waals surface area (Å²) in [6.45, 7) is 0.629. The van der Waals surface area contributed by atoms with Gasteiger partial charge in [0.05, 0.1) is 18.1 Å². The van der Waals surface area contributed by atoms with Gasteiger partial charge in [-0.15, -0.1) is 11.3 Å². The largest absolute Gasteiger partial charge is 0.437 e. The fourth-order valence-electron chi connectivity index (χ4n) is 2.74. The predicted octanol–water partition coefficient (Wildman–Crippen LogP) is 5.26. The maximum Gasteiger partial charge on any atom is 0.232 e. The van der Waals surface area contributed by atoms with Crippen LogP contribution in [0.1, 0.15) is 5.82 Å². The molecule has 0 radical (unpaired) electrons. The molecule has 0 atom stereocenters. The van der Waals surface area contributed by atoms with Gasteiger partial charge >= 0.3 is 0 Å². The van der Waals surface area contributed by atoms with E-state index in [1.807, 2.05) is 37.2 Å². The molecule has 0 unspecified atom stereocenters. The van der Waals surface area contributed by atoms with Crippen molar-refractivity contribution < 1.29 is 4.74 Å². The normalized spacial score (nSPS) is 11.3. The zero-order valence-corrected chi connectivity index (χ0v) is 16.5. The average Bonchev–Trinajstić information content (AvgIpc) is 3.08. The van der Waals surface area contributed by atoms with E-state index in [1.54, 1.807) is 29.7 Å². The van der Waals surface area contributed by atoms with Crippen LogP contribution in [-0.4, -0.2) is 33.9 Å². The molecule has 0 spiro atoms. The minimum Gasteiger partial charge on any atom is -0.437 e. The molecule has 0 aliphatic rings. The number of hydrogen-bond acceptors (Lipinski definition) is 6. The number of pyridine rings is 1. The summed E-state index contributed by atoms with van der Waals surface area (Å²) < 4.78 is 6.11. The molecule has 0 aliphatic heterocycles. The first-order valence-electron chi connectivity index (χ1n) is 8.38. The van der Waals surface area contributed by atoms with Gasteiger partial charge in [0.15, 0.2) is 0 Å². The molecule has 0 saturated carbocycles. The van der Waals surface area contributed by atoms with Crippen LogP contribution in [0.25, 0.3) is 21.3 Å². The van der Waals surface area contributed by atoms with E-state index in [2.05, 4.69) is 27.5 Å². The third kappa shape index (κ3) is 3.93. The smallest absolute Gasteiger partial charge is 0.232 e.